The Hall–Kier alpha value is -1.49. The Labute approximate surface area is 82.0 Å². The van der Waals surface area contributed by atoms with E-state index >= 15 is 0 Å². The summed E-state index contributed by atoms with van der Waals surface area (Å²) in [5.41, 5.74) is 1.62. The number of H-pyrrole nitrogens is 1. The van der Waals surface area contributed by atoms with Crippen LogP contribution in [-0.4, -0.2) is 26.5 Å². The standard InChI is InChI=1S/C9H13N5/c1-2-3-10-5-8-13-7-4-11-6-12-9(7)14-8/h4,6,10H,2-3,5H2,1H3,(H,11,12,13,14). The van der Waals surface area contributed by atoms with Crippen LogP contribution in [0.25, 0.3) is 11.2 Å². The van der Waals surface area contributed by atoms with Crippen LogP contribution >= 0.6 is 0 Å². The number of imidazole rings is 1. The molecule has 2 heterocycles. The van der Waals surface area contributed by atoms with E-state index in [2.05, 4.69) is 32.2 Å². The van der Waals surface area contributed by atoms with E-state index in [1.165, 1.54) is 6.33 Å². The third-order valence-electron chi connectivity index (χ3n) is 1.93. The van der Waals surface area contributed by atoms with E-state index in [4.69, 9.17) is 0 Å². The van der Waals surface area contributed by atoms with Gasteiger partial charge in [0.05, 0.1) is 12.7 Å². The molecule has 0 aliphatic rings. The van der Waals surface area contributed by atoms with Crippen molar-refractivity contribution in [3.63, 3.8) is 0 Å². The Kier molecular flexibility index (Phi) is 2.69. The Balaban J connectivity index is 2.11. The molecule has 0 spiro atoms. The van der Waals surface area contributed by atoms with Crippen molar-refractivity contribution in [1.82, 2.24) is 25.3 Å². The van der Waals surface area contributed by atoms with Gasteiger partial charge in [-0.3, -0.25) is 0 Å². The first-order valence-corrected chi connectivity index (χ1v) is 4.75. The zero-order chi connectivity index (χ0) is 9.80. The topological polar surface area (TPSA) is 66.5 Å². The van der Waals surface area contributed by atoms with Crippen molar-refractivity contribution in [2.75, 3.05) is 6.54 Å². The summed E-state index contributed by atoms with van der Waals surface area (Å²) in [5.74, 6) is 0.911. The summed E-state index contributed by atoms with van der Waals surface area (Å²) >= 11 is 0. The highest BCUT2D eigenvalue weighted by molar-refractivity contribution is 5.68. The van der Waals surface area contributed by atoms with Crippen LogP contribution in [0.2, 0.25) is 0 Å². The fourth-order valence-electron chi connectivity index (χ4n) is 1.28. The fraction of sp³-hybridized carbons (Fsp3) is 0.444. The molecule has 0 amide bonds. The van der Waals surface area contributed by atoms with Gasteiger partial charge >= 0.3 is 0 Å². The van der Waals surface area contributed by atoms with Crippen molar-refractivity contribution in [2.45, 2.75) is 19.9 Å². The molecule has 0 bridgehead atoms. The van der Waals surface area contributed by atoms with Crippen LogP contribution < -0.4 is 5.32 Å². The molecule has 0 saturated heterocycles. The van der Waals surface area contributed by atoms with E-state index in [1.807, 2.05) is 0 Å². The number of rotatable bonds is 4. The molecule has 0 aromatic carbocycles. The van der Waals surface area contributed by atoms with Gasteiger partial charge in [-0.15, -0.1) is 0 Å². The second-order valence-corrected chi connectivity index (χ2v) is 3.12. The monoisotopic (exact) mass is 191 g/mol. The second-order valence-electron chi connectivity index (χ2n) is 3.12. The number of fused-ring (bicyclic) bond motifs is 1. The van der Waals surface area contributed by atoms with E-state index in [1.54, 1.807) is 6.20 Å². The maximum Gasteiger partial charge on any atom is 0.180 e. The minimum Gasteiger partial charge on any atom is -0.338 e. The number of hydrogen-bond donors (Lipinski definition) is 2. The third-order valence-corrected chi connectivity index (χ3v) is 1.93. The van der Waals surface area contributed by atoms with E-state index < -0.39 is 0 Å². The quantitative estimate of drug-likeness (QED) is 0.703. The average Bonchev–Trinajstić information content (AvgIpc) is 2.60. The van der Waals surface area contributed by atoms with E-state index in [0.29, 0.717) is 0 Å². The van der Waals surface area contributed by atoms with Gasteiger partial charge in [0.2, 0.25) is 0 Å². The lowest BCUT2D eigenvalue weighted by Crippen LogP contribution is -2.14. The molecule has 2 rings (SSSR count). The van der Waals surface area contributed by atoms with Crippen molar-refractivity contribution in [3.05, 3.63) is 18.3 Å². The second kappa shape index (κ2) is 4.15. The predicted octanol–water partition coefficient (Wildman–Crippen LogP) is 0.852. The highest BCUT2D eigenvalue weighted by atomic mass is 15.0. The lowest BCUT2D eigenvalue weighted by atomic mass is 10.5. The zero-order valence-electron chi connectivity index (χ0n) is 8.12. The smallest absolute Gasteiger partial charge is 0.180 e. The van der Waals surface area contributed by atoms with Gasteiger partial charge in [0.1, 0.15) is 17.7 Å². The Morgan fingerprint density at radius 1 is 1.50 bits per heavy atom. The van der Waals surface area contributed by atoms with E-state index in [0.717, 1.165) is 36.5 Å². The fourth-order valence-corrected chi connectivity index (χ4v) is 1.28. The highest BCUT2D eigenvalue weighted by Gasteiger charge is 2.01. The first-order valence-electron chi connectivity index (χ1n) is 4.75. The first kappa shape index (κ1) is 9.08. The Bertz CT molecular complexity index is 375. The van der Waals surface area contributed by atoms with Crippen LogP contribution in [0, 0.1) is 0 Å². The molecule has 5 heteroatoms. The van der Waals surface area contributed by atoms with E-state index in [9.17, 15) is 0 Å². The van der Waals surface area contributed by atoms with Gasteiger partial charge in [-0.25, -0.2) is 15.0 Å². The molecule has 2 N–H and O–H groups in total. The van der Waals surface area contributed by atoms with E-state index in [-0.39, 0.29) is 0 Å². The van der Waals surface area contributed by atoms with Crippen molar-refractivity contribution >= 4 is 11.2 Å². The van der Waals surface area contributed by atoms with Crippen molar-refractivity contribution in [3.8, 4) is 0 Å². The first-order chi connectivity index (χ1) is 6.90. The van der Waals surface area contributed by atoms with Crippen LogP contribution in [0.3, 0.4) is 0 Å². The molecule has 0 unspecified atom stereocenters. The van der Waals surface area contributed by atoms with Gasteiger partial charge in [0, 0.05) is 0 Å². The molecule has 2 aromatic rings. The third kappa shape index (κ3) is 1.88. The average molecular weight is 191 g/mol. The zero-order valence-corrected chi connectivity index (χ0v) is 8.12. The summed E-state index contributed by atoms with van der Waals surface area (Å²) in [5, 5.41) is 3.27. The Morgan fingerprint density at radius 2 is 2.43 bits per heavy atom. The number of hydrogen-bond acceptors (Lipinski definition) is 4. The Morgan fingerprint density at radius 3 is 3.21 bits per heavy atom. The molecular formula is C9H13N5. The molecule has 0 fully saturated rings. The molecule has 74 valence electrons. The number of aromatic amines is 1. The molecule has 0 saturated carbocycles. The predicted molar refractivity (Wildman–Crippen MR) is 53.7 cm³/mol. The van der Waals surface area contributed by atoms with Gasteiger partial charge in [0.15, 0.2) is 5.65 Å². The molecular weight excluding hydrogens is 178 g/mol. The summed E-state index contributed by atoms with van der Waals surface area (Å²) in [4.78, 5) is 15.4. The lowest BCUT2D eigenvalue weighted by Gasteiger charge is -1.97. The number of nitrogens with zero attached hydrogens (tertiary/aromatic N) is 3. The van der Waals surface area contributed by atoms with Crippen LogP contribution in [0.1, 0.15) is 19.2 Å². The summed E-state index contributed by atoms with van der Waals surface area (Å²) in [6.07, 6.45) is 4.37. The van der Waals surface area contributed by atoms with Crippen molar-refractivity contribution < 1.29 is 0 Å². The van der Waals surface area contributed by atoms with Crippen LogP contribution in [-0.2, 0) is 6.54 Å². The molecule has 14 heavy (non-hydrogen) atoms. The molecule has 0 radical (unpaired) electrons. The van der Waals surface area contributed by atoms with Gasteiger partial charge in [-0.2, -0.15) is 0 Å². The summed E-state index contributed by atoms with van der Waals surface area (Å²) in [7, 11) is 0. The van der Waals surface area contributed by atoms with Gasteiger partial charge in [-0.1, -0.05) is 6.92 Å². The van der Waals surface area contributed by atoms with Crippen molar-refractivity contribution in [2.24, 2.45) is 0 Å². The number of aromatic nitrogens is 4. The van der Waals surface area contributed by atoms with Gasteiger partial charge < -0.3 is 10.3 Å². The maximum atomic E-state index is 4.32. The lowest BCUT2D eigenvalue weighted by molar-refractivity contribution is 0.656. The normalized spacial score (nSPS) is 10.9. The molecule has 0 aliphatic carbocycles. The van der Waals surface area contributed by atoms with Crippen LogP contribution in [0.5, 0.6) is 0 Å². The largest absolute Gasteiger partial charge is 0.338 e. The molecule has 0 aliphatic heterocycles. The number of nitrogens with one attached hydrogen (secondary N) is 2. The molecule has 2 aromatic heterocycles. The molecule has 0 atom stereocenters. The summed E-state index contributed by atoms with van der Waals surface area (Å²) in [6, 6.07) is 0. The summed E-state index contributed by atoms with van der Waals surface area (Å²) < 4.78 is 0. The van der Waals surface area contributed by atoms with Gasteiger partial charge in [-0.05, 0) is 13.0 Å². The van der Waals surface area contributed by atoms with Crippen LogP contribution in [0.15, 0.2) is 12.5 Å². The van der Waals surface area contributed by atoms with Crippen LogP contribution in [0.4, 0.5) is 0 Å². The van der Waals surface area contributed by atoms with Gasteiger partial charge in [0.25, 0.3) is 0 Å². The SMILES string of the molecule is CCCNCc1nc2ncncc2[nH]1. The minimum absolute atomic E-state index is 0.730. The minimum atomic E-state index is 0.730. The maximum absolute atomic E-state index is 4.32. The van der Waals surface area contributed by atoms with Crippen molar-refractivity contribution in [1.29, 1.82) is 0 Å². The summed E-state index contributed by atoms with van der Waals surface area (Å²) in [6.45, 7) is 3.89. The highest BCUT2D eigenvalue weighted by Crippen LogP contribution is 2.05. The molecule has 5 nitrogen and oxygen atoms in total.